The number of rotatable bonds is 28. The first-order chi connectivity index (χ1) is 46.9. The van der Waals surface area contributed by atoms with Gasteiger partial charge in [-0.05, 0) is 78.1 Å². The van der Waals surface area contributed by atoms with E-state index < -0.39 is 88.3 Å². The van der Waals surface area contributed by atoms with Crippen LogP contribution >= 0.6 is 22.8 Å². The minimum Gasteiger partial charge on any atom is -0.316 e. The maximum absolute atomic E-state index is 14.1. The van der Waals surface area contributed by atoms with Gasteiger partial charge in [0.25, 0.3) is 17.1 Å². The Morgan fingerprint density at radius 1 is 0.388 bits per heavy atom. The molecule has 0 fully saturated rings. The van der Waals surface area contributed by atoms with Gasteiger partial charge in [0, 0.05) is 34.4 Å². The number of unbranched alkanes of at least 4 members (excludes halogenated alkanes) is 2. The van der Waals surface area contributed by atoms with Gasteiger partial charge in [0.2, 0.25) is 0 Å². The molecule has 0 spiro atoms. The Labute approximate surface area is 557 Å². The van der Waals surface area contributed by atoms with Crippen molar-refractivity contribution in [2.45, 2.75) is 111 Å². The first kappa shape index (κ1) is 74.6. The zero-order valence-electron chi connectivity index (χ0n) is 54.9. The minimum atomic E-state index is -4.06. The van der Waals surface area contributed by atoms with Crippen molar-refractivity contribution >= 4 is 105 Å². The second-order valence-corrected chi connectivity index (χ2v) is 28.3. The SMILES string of the molecule is CCCC(n1c(=O)c(=O)[nH]c2cc([N+](=O)[O-])c3ccccc3c21)P(=O)(OCC)OCC.CCCCCC(n1c(=O)c(=O)[nH]c2cc([N+](=O)[O-])c3ccccc3c21)P(=O)(OCC)OCC.CCOP(=O)(OCC)C(c1ccccc1)n1c(=O)c(=O)[nH]c2cc([N+](=O)[O-])c3ccccc3c21. The Morgan fingerprint density at radius 2 is 0.684 bits per heavy atom. The molecule has 0 aliphatic carbocycles. The van der Waals surface area contributed by atoms with Crippen LogP contribution in [0.3, 0.4) is 0 Å². The molecule has 10 rings (SSSR count). The molecule has 10 aromatic rings. The van der Waals surface area contributed by atoms with Gasteiger partial charge in [-0.2, -0.15) is 0 Å². The molecule has 7 aromatic carbocycles. The van der Waals surface area contributed by atoms with Crippen molar-refractivity contribution in [3.8, 4) is 0 Å². The van der Waals surface area contributed by atoms with Gasteiger partial charge in [0.1, 0.15) is 11.6 Å². The molecule has 0 saturated carbocycles. The molecule has 3 atom stereocenters. The molecule has 0 aliphatic heterocycles. The van der Waals surface area contributed by atoms with Crippen LogP contribution in [0, 0.1) is 30.3 Å². The average molecular weight is 1410 g/mol. The highest BCUT2D eigenvalue weighted by atomic mass is 31.2. The molecule has 0 radical (unpaired) electrons. The Balaban J connectivity index is 0.000000188. The average Bonchev–Trinajstić information content (AvgIpc) is 0.745. The zero-order chi connectivity index (χ0) is 71.4. The van der Waals surface area contributed by atoms with Crippen LogP contribution in [-0.4, -0.2) is 83.1 Å². The maximum Gasteiger partial charge on any atom is 0.357 e. The third kappa shape index (κ3) is 15.1. The number of hydrogen-bond acceptors (Lipinski definition) is 21. The molecule has 3 aromatic heterocycles. The first-order valence-electron chi connectivity index (χ1n) is 31.6. The molecule has 520 valence electrons. The van der Waals surface area contributed by atoms with Crippen LogP contribution in [-0.2, 0) is 40.8 Å². The highest BCUT2D eigenvalue weighted by Crippen LogP contribution is 2.63. The van der Waals surface area contributed by atoms with Crippen molar-refractivity contribution in [3.63, 3.8) is 0 Å². The zero-order valence-corrected chi connectivity index (χ0v) is 57.5. The van der Waals surface area contributed by atoms with Crippen molar-refractivity contribution in [3.05, 3.63) is 219 Å². The molecular formula is C65H74N9O21P3. The molecule has 0 bridgehead atoms. The van der Waals surface area contributed by atoms with E-state index in [1.165, 1.54) is 22.8 Å². The molecular weight excluding hydrogens is 1340 g/mol. The van der Waals surface area contributed by atoms with Gasteiger partial charge in [-0.1, -0.05) is 124 Å². The number of hydrogen-bond donors (Lipinski definition) is 3. The maximum atomic E-state index is 14.1. The summed E-state index contributed by atoms with van der Waals surface area (Å²) in [5.41, 5.74) is -5.11. The topological polar surface area (TPSA) is 401 Å². The van der Waals surface area contributed by atoms with Gasteiger partial charge in [-0.15, -0.1) is 0 Å². The lowest BCUT2D eigenvalue weighted by atomic mass is 10.1. The Kier molecular flexibility index (Phi) is 24.7. The van der Waals surface area contributed by atoms with Crippen molar-refractivity contribution in [2.24, 2.45) is 0 Å². The quantitative estimate of drug-likeness (QED) is 0.0102. The number of benzene rings is 7. The van der Waals surface area contributed by atoms with E-state index >= 15 is 0 Å². The van der Waals surface area contributed by atoms with E-state index in [1.54, 1.807) is 145 Å². The van der Waals surface area contributed by atoms with Gasteiger partial charge < -0.3 is 42.1 Å². The lowest BCUT2D eigenvalue weighted by Gasteiger charge is -2.29. The fraction of sp³-hybridized carbons (Fsp3) is 0.354. The second kappa shape index (κ2) is 32.4. The molecule has 3 heterocycles. The fourth-order valence-electron chi connectivity index (χ4n) is 12.0. The summed E-state index contributed by atoms with van der Waals surface area (Å²) in [6.07, 6.45) is 3.37. The number of nitro groups is 3. The summed E-state index contributed by atoms with van der Waals surface area (Å²) in [5, 5.41) is 37.0. The summed E-state index contributed by atoms with van der Waals surface area (Å²) in [7, 11) is -11.8. The summed E-state index contributed by atoms with van der Waals surface area (Å²) in [6, 6.07) is 31.6. The first-order valence-corrected chi connectivity index (χ1v) is 36.5. The predicted molar refractivity (Wildman–Crippen MR) is 373 cm³/mol. The smallest absolute Gasteiger partial charge is 0.316 e. The summed E-state index contributed by atoms with van der Waals surface area (Å²) in [5.74, 6) is -3.44. The molecule has 98 heavy (non-hydrogen) atoms. The van der Waals surface area contributed by atoms with Gasteiger partial charge in [-0.25, -0.2) is 0 Å². The standard InChI is InChI=1S/C23H22N3O7P.C22H28N3O7P.C20H24N3O7P/c1-3-32-34(31,33-4-2)23(15-10-6-5-7-11-15)25-20-17-13-9-8-12-16(17)19(26(29)30)14-18(20)24-21(27)22(25)28;1-4-7-8-13-19(33(30,31-5-2)32-6-3)24-20-16-12-10-9-11-15(16)18(25(28)29)14-17(20)23-21(26)22(24)27;1-4-9-17(31(28,29-5-2)30-6-3)22-18-14-11-8-7-10-13(14)16(23(26)27)12-15(18)21-19(24)20(22)25/h5-14,23H,3-4H2,1-2H3,(H,24,27);9-12,14,19H,4-8,13H2,1-3H3,(H,23,26);7-8,10-12,17H,4-6,9H2,1-3H3,(H,21,24). The Hall–Kier alpha value is -9.21. The fourth-order valence-corrected chi connectivity index (χ4v) is 18.4. The van der Waals surface area contributed by atoms with Crippen LogP contribution in [0.15, 0.2) is 150 Å². The molecule has 0 amide bonds. The van der Waals surface area contributed by atoms with Crippen LogP contribution in [0.5, 0.6) is 0 Å². The normalized spacial score (nSPS) is 12.9. The van der Waals surface area contributed by atoms with Crippen LogP contribution in [0.2, 0.25) is 0 Å². The highest BCUT2D eigenvalue weighted by Gasteiger charge is 2.43. The molecule has 30 nitrogen and oxygen atoms in total. The lowest BCUT2D eigenvalue weighted by molar-refractivity contribution is -0.383. The number of aromatic amines is 3. The van der Waals surface area contributed by atoms with E-state index in [-0.39, 0.29) is 113 Å². The van der Waals surface area contributed by atoms with Crippen LogP contribution in [0.25, 0.3) is 65.4 Å². The summed E-state index contributed by atoms with van der Waals surface area (Å²) in [4.78, 5) is 118. The predicted octanol–water partition coefficient (Wildman–Crippen LogP) is 14.0. The van der Waals surface area contributed by atoms with Gasteiger partial charge >= 0.3 is 56.1 Å². The lowest BCUT2D eigenvalue weighted by Crippen LogP contribution is -2.39. The minimum absolute atomic E-state index is 0.0305. The summed E-state index contributed by atoms with van der Waals surface area (Å²) in [6.45, 7) is 14.2. The number of non-ortho nitro benzene ring substituents is 3. The van der Waals surface area contributed by atoms with E-state index in [4.69, 9.17) is 27.1 Å². The molecule has 33 heteroatoms. The van der Waals surface area contributed by atoms with E-state index in [0.717, 1.165) is 22.0 Å². The van der Waals surface area contributed by atoms with E-state index in [0.29, 0.717) is 39.9 Å². The van der Waals surface area contributed by atoms with E-state index in [2.05, 4.69) is 15.0 Å². The molecule has 0 aliphatic rings. The number of nitrogens with one attached hydrogen (secondary N) is 3. The molecule has 3 unspecified atom stereocenters. The number of fused-ring (bicyclic) bond motifs is 9. The van der Waals surface area contributed by atoms with Gasteiger partial charge in [-0.3, -0.25) is 86.5 Å². The van der Waals surface area contributed by atoms with E-state index in [9.17, 15) is 72.8 Å². The second-order valence-electron chi connectivity index (χ2n) is 21.8. The molecule has 0 saturated heterocycles. The van der Waals surface area contributed by atoms with Crippen LogP contribution in [0.4, 0.5) is 17.1 Å². The highest BCUT2D eigenvalue weighted by molar-refractivity contribution is 7.54. The van der Waals surface area contributed by atoms with E-state index in [1.807, 2.05) is 13.8 Å². The third-order valence-electron chi connectivity index (χ3n) is 15.7. The number of nitrogens with zero attached hydrogens (tertiary/aromatic N) is 6. The number of H-pyrrole nitrogens is 3. The summed E-state index contributed by atoms with van der Waals surface area (Å²) >= 11 is 0. The van der Waals surface area contributed by atoms with Crippen molar-refractivity contribution in [1.82, 2.24) is 28.7 Å². The third-order valence-corrected chi connectivity index (χ3v) is 23.0. The van der Waals surface area contributed by atoms with Gasteiger partial charge in [0.05, 0.1) is 104 Å². The van der Waals surface area contributed by atoms with Crippen molar-refractivity contribution < 1.29 is 55.6 Å². The monoisotopic (exact) mass is 1410 g/mol. The van der Waals surface area contributed by atoms with Gasteiger partial charge in [0.15, 0.2) is 5.78 Å². The summed E-state index contributed by atoms with van der Waals surface area (Å²) < 4.78 is 78.5. The Morgan fingerprint density at radius 3 is 1.00 bits per heavy atom. The van der Waals surface area contributed by atoms with Crippen molar-refractivity contribution in [1.29, 1.82) is 0 Å². The Bertz CT molecular complexity index is 5160. The number of nitro benzene ring substituents is 3. The van der Waals surface area contributed by atoms with Crippen LogP contribution < -0.4 is 33.4 Å². The number of aromatic nitrogens is 6. The molecule has 3 N–H and O–H groups in total. The van der Waals surface area contributed by atoms with Crippen LogP contribution in [0.1, 0.15) is 117 Å². The van der Waals surface area contributed by atoms with Crippen molar-refractivity contribution in [2.75, 3.05) is 39.6 Å². The largest absolute Gasteiger partial charge is 0.357 e.